The van der Waals surface area contributed by atoms with Crippen LogP contribution >= 0.6 is 0 Å². The minimum Gasteiger partial charge on any atom is -0.462 e. The Morgan fingerprint density at radius 2 is 0.434 bits per heavy atom. The molecule has 0 saturated heterocycles. The molecule has 0 amide bonds. The molecule has 0 aliphatic rings. The average molecular weight is 1140 g/mol. The lowest BCUT2D eigenvalue weighted by molar-refractivity contribution is -0.167. The molecule has 0 fully saturated rings. The quantitative estimate of drug-likeness (QED) is 0.0261. The van der Waals surface area contributed by atoms with Crippen molar-refractivity contribution in [3.63, 3.8) is 0 Å². The van der Waals surface area contributed by atoms with Crippen molar-refractivity contribution in [1.29, 1.82) is 0 Å². The number of hydrogen-bond donors (Lipinski definition) is 0. The molecule has 6 nitrogen and oxygen atoms in total. The number of hydrogen-bond acceptors (Lipinski definition) is 6. The van der Waals surface area contributed by atoms with Gasteiger partial charge in [0.05, 0.1) is 0 Å². The van der Waals surface area contributed by atoms with E-state index in [2.05, 4.69) is 191 Å². The Kier molecular flexibility index (Phi) is 64.9. The van der Waals surface area contributed by atoms with Crippen molar-refractivity contribution in [2.75, 3.05) is 13.2 Å². The van der Waals surface area contributed by atoms with Gasteiger partial charge in [0.2, 0.25) is 0 Å². The molecule has 0 aromatic carbocycles. The van der Waals surface area contributed by atoms with Crippen LogP contribution in [0.4, 0.5) is 0 Å². The van der Waals surface area contributed by atoms with E-state index in [0.29, 0.717) is 19.3 Å². The van der Waals surface area contributed by atoms with Gasteiger partial charge in [0.25, 0.3) is 0 Å². The number of rotatable bonds is 59. The summed E-state index contributed by atoms with van der Waals surface area (Å²) in [5, 5.41) is 0. The number of carbonyl (C=O) groups excluding carboxylic acids is 3. The molecule has 6 heteroatoms. The molecule has 0 radical (unpaired) electrons. The first kappa shape index (κ1) is 77.8. The number of allylic oxidation sites excluding steroid dienone is 28. The van der Waals surface area contributed by atoms with Crippen LogP contribution in [-0.4, -0.2) is 37.2 Å². The van der Waals surface area contributed by atoms with E-state index in [4.69, 9.17) is 14.2 Å². The zero-order valence-corrected chi connectivity index (χ0v) is 53.4. The van der Waals surface area contributed by atoms with Gasteiger partial charge in [-0.1, -0.05) is 281 Å². The molecule has 0 rings (SSSR count). The zero-order valence-electron chi connectivity index (χ0n) is 53.4. The number of esters is 3. The smallest absolute Gasteiger partial charge is 0.306 e. The van der Waals surface area contributed by atoms with E-state index >= 15 is 0 Å². The van der Waals surface area contributed by atoms with Crippen LogP contribution < -0.4 is 0 Å². The Morgan fingerprint density at radius 1 is 0.241 bits per heavy atom. The van der Waals surface area contributed by atoms with Crippen LogP contribution in [0.25, 0.3) is 0 Å². The number of ether oxygens (including phenoxy) is 3. The van der Waals surface area contributed by atoms with E-state index in [0.717, 1.165) is 173 Å². The Morgan fingerprint density at radius 3 is 0.675 bits per heavy atom. The monoisotopic (exact) mass is 1140 g/mol. The lowest BCUT2D eigenvalue weighted by Gasteiger charge is -2.18. The molecular formula is C77H122O6. The molecule has 83 heavy (non-hydrogen) atoms. The summed E-state index contributed by atoms with van der Waals surface area (Å²) in [6.07, 6.45) is 102. The van der Waals surface area contributed by atoms with Crippen LogP contribution in [0.5, 0.6) is 0 Å². The summed E-state index contributed by atoms with van der Waals surface area (Å²) in [7, 11) is 0. The van der Waals surface area contributed by atoms with Gasteiger partial charge in [0.1, 0.15) is 13.2 Å². The largest absolute Gasteiger partial charge is 0.462 e. The van der Waals surface area contributed by atoms with E-state index in [-0.39, 0.29) is 31.1 Å². The summed E-state index contributed by atoms with van der Waals surface area (Å²) < 4.78 is 16.9. The highest BCUT2D eigenvalue weighted by Gasteiger charge is 2.19. The summed E-state index contributed by atoms with van der Waals surface area (Å²) >= 11 is 0. The average Bonchev–Trinajstić information content (AvgIpc) is 3.49. The van der Waals surface area contributed by atoms with Crippen molar-refractivity contribution >= 4 is 17.9 Å². The lowest BCUT2D eigenvalue weighted by Crippen LogP contribution is -2.30. The first-order valence-corrected chi connectivity index (χ1v) is 33.6. The van der Waals surface area contributed by atoms with Crippen molar-refractivity contribution in [2.45, 2.75) is 284 Å². The maximum atomic E-state index is 13.0. The number of unbranched alkanes of at least 4 members (excludes halogenated alkanes) is 20. The van der Waals surface area contributed by atoms with Crippen LogP contribution in [0.1, 0.15) is 278 Å². The van der Waals surface area contributed by atoms with Gasteiger partial charge in [0.15, 0.2) is 6.10 Å². The Bertz CT molecular complexity index is 1890. The maximum absolute atomic E-state index is 13.0. The summed E-state index contributed by atoms with van der Waals surface area (Å²) in [5.74, 6) is -0.942. The molecule has 0 heterocycles. The fourth-order valence-corrected chi connectivity index (χ4v) is 8.78. The van der Waals surface area contributed by atoms with Crippen LogP contribution in [-0.2, 0) is 28.6 Å². The second-order valence-corrected chi connectivity index (χ2v) is 21.6. The van der Waals surface area contributed by atoms with E-state index in [1.807, 2.05) is 0 Å². The van der Waals surface area contributed by atoms with Gasteiger partial charge in [-0.05, 0) is 148 Å². The third kappa shape index (κ3) is 67.4. The van der Waals surface area contributed by atoms with Crippen molar-refractivity contribution in [1.82, 2.24) is 0 Å². The normalized spacial score (nSPS) is 13.2. The maximum Gasteiger partial charge on any atom is 0.306 e. The first-order valence-electron chi connectivity index (χ1n) is 33.6. The molecule has 0 aromatic rings. The van der Waals surface area contributed by atoms with Crippen LogP contribution in [0.2, 0.25) is 0 Å². The molecule has 0 spiro atoms. The van der Waals surface area contributed by atoms with E-state index in [1.165, 1.54) is 64.2 Å². The molecule has 0 saturated carbocycles. The second-order valence-electron chi connectivity index (χ2n) is 21.6. The predicted molar refractivity (Wildman–Crippen MR) is 361 cm³/mol. The van der Waals surface area contributed by atoms with Gasteiger partial charge >= 0.3 is 17.9 Å². The molecular weight excluding hydrogens is 1020 g/mol. The van der Waals surface area contributed by atoms with Crippen LogP contribution in [0, 0.1) is 0 Å². The topological polar surface area (TPSA) is 78.9 Å². The Labute approximate surface area is 511 Å². The lowest BCUT2D eigenvalue weighted by atomic mass is 10.1. The molecule has 0 aliphatic heterocycles. The third-order valence-electron chi connectivity index (χ3n) is 13.7. The van der Waals surface area contributed by atoms with Gasteiger partial charge in [0, 0.05) is 19.3 Å². The molecule has 466 valence electrons. The summed E-state index contributed by atoms with van der Waals surface area (Å²) in [6, 6.07) is 0. The molecule has 0 aliphatic carbocycles. The molecule has 1 unspecified atom stereocenters. The van der Waals surface area contributed by atoms with Crippen molar-refractivity contribution < 1.29 is 28.6 Å². The van der Waals surface area contributed by atoms with E-state index in [1.54, 1.807) is 0 Å². The van der Waals surface area contributed by atoms with Gasteiger partial charge in [-0.2, -0.15) is 0 Å². The first-order chi connectivity index (χ1) is 41.0. The molecule has 0 N–H and O–H groups in total. The highest BCUT2D eigenvalue weighted by atomic mass is 16.6. The standard InChI is InChI=1S/C77H122O6/c1-4-7-10-13-16-19-22-25-28-31-33-35-36-37-38-39-40-42-43-46-49-52-55-58-61-64-67-70-76(79)82-73-74(72-81-75(78)69-66-63-60-57-54-51-48-45-30-27-24-21-18-15-12-9-6-3)83-77(80)71-68-65-62-59-56-53-50-47-44-41-34-32-29-26-23-20-17-14-11-8-5-2/h7-12,16-21,25-30,33-35,37-38,40-42,48,51,74H,4-6,13-15,22-24,31-32,36,39,43-47,49-50,52-73H2,1-3H3/b10-7-,11-8-,12-9-,19-16-,20-17-,21-18-,28-25-,29-26-,30-27-,35-33-,38-37-,41-34-,42-40-,51-48-. The van der Waals surface area contributed by atoms with Crippen molar-refractivity contribution in [3.8, 4) is 0 Å². The van der Waals surface area contributed by atoms with Gasteiger partial charge in [-0.25, -0.2) is 0 Å². The van der Waals surface area contributed by atoms with E-state index in [9.17, 15) is 14.4 Å². The SMILES string of the molecule is CC/C=C\C/C=C\C/C=C\C/C=C\C/C=C\C/C=C\CCCCCCCCCCC(=O)OCC(COC(=O)CCCCCC/C=C\C/C=C\C/C=C\C/C=C\CC)OC(=O)CCCCCCCCCC/C=C\C/C=C\C/C=C\C/C=C\CC. The summed E-state index contributed by atoms with van der Waals surface area (Å²) in [5.41, 5.74) is 0. The molecule has 0 aromatic heterocycles. The third-order valence-corrected chi connectivity index (χ3v) is 13.7. The highest BCUT2D eigenvalue weighted by molar-refractivity contribution is 5.71. The fourth-order valence-electron chi connectivity index (χ4n) is 8.78. The van der Waals surface area contributed by atoms with Crippen molar-refractivity contribution in [3.05, 3.63) is 170 Å². The second kappa shape index (κ2) is 69.3. The minimum absolute atomic E-state index is 0.101. The van der Waals surface area contributed by atoms with Crippen LogP contribution in [0.3, 0.4) is 0 Å². The zero-order chi connectivity index (χ0) is 59.9. The number of carbonyl (C=O) groups is 3. The predicted octanol–water partition coefficient (Wildman–Crippen LogP) is 23.4. The van der Waals surface area contributed by atoms with Gasteiger partial charge < -0.3 is 14.2 Å². The Balaban J connectivity index is 4.46. The summed E-state index contributed by atoms with van der Waals surface area (Å²) in [6.45, 7) is 6.27. The van der Waals surface area contributed by atoms with Crippen LogP contribution in [0.15, 0.2) is 170 Å². The van der Waals surface area contributed by atoms with Gasteiger partial charge in [-0.3, -0.25) is 14.4 Å². The highest BCUT2D eigenvalue weighted by Crippen LogP contribution is 2.15. The molecule has 0 bridgehead atoms. The summed E-state index contributed by atoms with van der Waals surface area (Å²) in [4.78, 5) is 38.4. The van der Waals surface area contributed by atoms with Crippen molar-refractivity contribution in [2.24, 2.45) is 0 Å². The van der Waals surface area contributed by atoms with E-state index < -0.39 is 6.10 Å². The van der Waals surface area contributed by atoms with Gasteiger partial charge in [-0.15, -0.1) is 0 Å². The minimum atomic E-state index is -0.808. The fraction of sp³-hybridized carbons (Fsp3) is 0.597. The molecule has 1 atom stereocenters. The Hall–Kier alpha value is -5.23.